The van der Waals surface area contributed by atoms with Crippen molar-refractivity contribution in [1.29, 1.82) is 0 Å². The summed E-state index contributed by atoms with van der Waals surface area (Å²) < 4.78 is 27.6. The maximum absolute atomic E-state index is 14.1. The second kappa shape index (κ2) is 11.3. The molecule has 0 atom stereocenters. The largest absolute Gasteiger partial charge is 0.204 e. The fraction of sp³-hybridized carbons (Fsp3) is 0.769. The van der Waals surface area contributed by atoms with E-state index >= 15 is 0 Å². The normalized spacial score (nSPS) is 28.4. The molecule has 3 rings (SSSR count). The van der Waals surface area contributed by atoms with Gasteiger partial charge in [0.15, 0.2) is 11.6 Å². The molecular formula is C26H40F2. The van der Waals surface area contributed by atoms with Gasteiger partial charge in [-0.15, -0.1) is 0 Å². The summed E-state index contributed by atoms with van der Waals surface area (Å²) in [6.07, 6.45) is 20.0. The van der Waals surface area contributed by atoms with Gasteiger partial charge in [-0.2, -0.15) is 0 Å². The molecule has 0 spiro atoms. The van der Waals surface area contributed by atoms with Crippen LogP contribution in [-0.4, -0.2) is 0 Å². The van der Waals surface area contributed by atoms with Crippen LogP contribution in [0.3, 0.4) is 0 Å². The molecule has 0 bridgehead atoms. The van der Waals surface area contributed by atoms with Gasteiger partial charge in [-0.25, -0.2) is 8.78 Å². The van der Waals surface area contributed by atoms with Gasteiger partial charge in [0.05, 0.1) is 0 Å². The molecule has 1 aromatic rings. The zero-order chi connectivity index (χ0) is 19.8. The van der Waals surface area contributed by atoms with Gasteiger partial charge >= 0.3 is 0 Å². The Morgan fingerprint density at radius 3 is 2.04 bits per heavy atom. The smallest absolute Gasteiger partial charge is 0.162 e. The van der Waals surface area contributed by atoms with Crippen molar-refractivity contribution in [3.8, 4) is 0 Å². The van der Waals surface area contributed by atoms with Crippen LogP contribution in [0.25, 0.3) is 0 Å². The van der Waals surface area contributed by atoms with Crippen LogP contribution in [0.2, 0.25) is 0 Å². The fourth-order valence-corrected chi connectivity index (χ4v) is 5.90. The molecule has 2 aliphatic rings. The molecule has 0 saturated heterocycles. The zero-order valence-electron chi connectivity index (χ0n) is 17.9. The van der Waals surface area contributed by atoms with Crippen LogP contribution in [0, 0.1) is 29.4 Å². The monoisotopic (exact) mass is 390 g/mol. The minimum absolute atomic E-state index is 0.219. The summed E-state index contributed by atoms with van der Waals surface area (Å²) in [4.78, 5) is 0. The first kappa shape index (κ1) is 21.8. The number of hydrogen-bond donors (Lipinski definition) is 0. The molecule has 1 aromatic carbocycles. The van der Waals surface area contributed by atoms with Crippen LogP contribution in [0.1, 0.15) is 115 Å². The topological polar surface area (TPSA) is 0 Å². The molecule has 28 heavy (non-hydrogen) atoms. The summed E-state index contributed by atoms with van der Waals surface area (Å²) in [6.45, 7) is 2.28. The van der Waals surface area contributed by atoms with E-state index in [1.54, 1.807) is 12.1 Å². The second-order valence-corrected chi connectivity index (χ2v) is 9.59. The van der Waals surface area contributed by atoms with Crippen LogP contribution in [0.15, 0.2) is 18.2 Å². The van der Waals surface area contributed by atoms with Gasteiger partial charge in [0.25, 0.3) is 0 Å². The van der Waals surface area contributed by atoms with Crippen molar-refractivity contribution >= 4 is 0 Å². The van der Waals surface area contributed by atoms with Crippen molar-refractivity contribution in [2.24, 2.45) is 17.8 Å². The van der Waals surface area contributed by atoms with Crippen LogP contribution in [-0.2, 0) is 0 Å². The molecule has 2 saturated carbocycles. The first-order chi connectivity index (χ1) is 13.7. The molecule has 2 heteroatoms. The quantitative estimate of drug-likeness (QED) is 0.369. The minimum Gasteiger partial charge on any atom is -0.204 e. The van der Waals surface area contributed by atoms with E-state index in [0.29, 0.717) is 5.56 Å². The molecule has 0 aromatic heterocycles. The van der Waals surface area contributed by atoms with E-state index in [0.717, 1.165) is 30.6 Å². The predicted molar refractivity (Wildman–Crippen MR) is 114 cm³/mol. The average molecular weight is 391 g/mol. The molecule has 0 radical (unpaired) electrons. The zero-order valence-corrected chi connectivity index (χ0v) is 17.9. The lowest BCUT2D eigenvalue weighted by molar-refractivity contribution is 0.155. The first-order valence-electron chi connectivity index (χ1n) is 12.1. The van der Waals surface area contributed by atoms with E-state index in [9.17, 15) is 8.78 Å². The van der Waals surface area contributed by atoms with Crippen LogP contribution >= 0.6 is 0 Å². The number of halogens is 2. The minimum atomic E-state index is -0.691. The summed E-state index contributed by atoms with van der Waals surface area (Å²) in [7, 11) is 0. The van der Waals surface area contributed by atoms with Crippen molar-refractivity contribution in [3.05, 3.63) is 35.4 Å². The van der Waals surface area contributed by atoms with E-state index in [-0.39, 0.29) is 5.92 Å². The van der Waals surface area contributed by atoms with Gasteiger partial charge in [0.2, 0.25) is 0 Å². The van der Waals surface area contributed by atoms with Gasteiger partial charge < -0.3 is 0 Å². The third kappa shape index (κ3) is 6.04. The predicted octanol–water partition coefficient (Wildman–Crippen LogP) is 8.80. The molecule has 0 unspecified atom stereocenters. The molecule has 0 nitrogen and oxygen atoms in total. The standard InChI is InChI=1S/C26H40F2/c1-2-3-4-5-6-7-9-20-12-14-21(15-13-20)22-16-18-23(19-17-22)24-10-8-11-25(27)26(24)28/h8,10-11,20-23H,2-7,9,12-19H2,1H3. The van der Waals surface area contributed by atoms with Crippen molar-refractivity contribution in [2.75, 3.05) is 0 Å². The highest BCUT2D eigenvalue weighted by molar-refractivity contribution is 5.23. The lowest BCUT2D eigenvalue weighted by atomic mass is 9.68. The fourth-order valence-electron chi connectivity index (χ4n) is 5.90. The Balaban J connectivity index is 1.34. The highest BCUT2D eigenvalue weighted by atomic mass is 19.2. The SMILES string of the molecule is CCCCCCCCC1CCC(C2CCC(c3cccc(F)c3F)CC2)CC1. The summed E-state index contributed by atoms with van der Waals surface area (Å²) in [5.41, 5.74) is 0.612. The number of hydrogen-bond acceptors (Lipinski definition) is 0. The molecule has 0 heterocycles. The van der Waals surface area contributed by atoms with Crippen molar-refractivity contribution in [1.82, 2.24) is 0 Å². The Morgan fingerprint density at radius 1 is 0.750 bits per heavy atom. The van der Waals surface area contributed by atoms with Crippen LogP contribution in [0.4, 0.5) is 8.78 Å². The summed E-state index contributed by atoms with van der Waals surface area (Å²) in [5.74, 6) is 1.60. The molecule has 0 aliphatic heterocycles. The molecule has 0 amide bonds. The van der Waals surface area contributed by atoms with Gasteiger partial charge in [0, 0.05) is 0 Å². The lowest BCUT2D eigenvalue weighted by Crippen LogP contribution is -2.25. The maximum atomic E-state index is 14.1. The van der Waals surface area contributed by atoms with Gasteiger partial charge in [0.1, 0.15) is 0 Å². The average Bonchev–Trinajstić information content (AvgIpc) is 2.73. The third-order valence-electron chi connectivity index (χ3n) is 7.72. The van der Waals surface area contributed by atoms with Gasteiger partial charge in [-0.05, 0) is 73.8 Å². The van der Waals surface area contributed by atoms with Crippen molar-refractivity contribution in [2.45, 2.75) is 109 Å². The lowest BCUT2D eigenvalue weighted by Gasteiger charge is -2.38. The van der Waals surface area contributed by atoms with Crippen LogP contribution in [0.5, 0.6) is 0 Å². The van der Waals surface area contributed by atoms with Crippen molar-refractivity contribution < 1.29 is 8.78 Å². The molecular weight excluding hydrogens is 350 g/mol. The maximum Gasteiger partial charge on any atom is 0.162 e. The van der Waals surface area contributed by atoms with Gasteiger partial charge in [-0.1, -0.05) is 76.8 Å². The third-order valence-corrected chi connectivity index (χ3v) is 7.72. The van der Waals surface area contributed by atoms with Crippen LogP contribution < -0.4 is 0 Å². The van der Waals surface area contributed by atoms with Crippen molar-refractivity contribution in [3.63, 3.8) is 0 Å². The molecule has 0 N–H and O–H groups in total. The first-order valence-corrected chi connectivity index (χ1v) is 12.1. The summed E-state index contributed by atoms with van der Waals surface area (Å²) >= 11 is 0. The molecule has 2 aliphatic carbocycles. The summed E-state index contributed by atoms with van der Waals surface area (Å²) in [5, 5.41) is 0. The Hall–Kier alpha value is -0.920. The van der Waals surface area contributed by atoms with E-state index in [2.05, 4.69) is 6.92 Å². The number of benzene rings is 1. The Morgan fingerprint density at radius 2 is 1.36 bits per heavy atom. The number of unbranched alkanes of at least 4 members (excludes halogenated alkanes) is 5. The Labute approximate surface area is 171 Å². The van der Waals surface area contributed by atoms with E-state index in [1.807, 2.05) is 0 Å². The Kier molecular flexibility index (Phi) is 8.80. The molecule has 158 valence electrons. The summed E-state index contributed by atoms with van der Waals surface area (Å²) in [6, 6.07) is 4.68. The number of rotatable bonds is 9. The van der Waals surface area contributed by atoms with E-state index < -0.39 is 11.6 Å². The van der Waals surface area contributed by atoms with Gasteiger partial charge in [-0.3, -0.25) is 0 Å². The van der Waals surface area contributed by atoms with E-state index in [1.165, 1.54) is 89.5 Å². The molecule has 2 fully saturated rings. The highest BCUT2D eigenvalue weighted by Crippen LogP contribution is 2.45. The second-order valence-electron chi connectivity index (χ2n) is 9.59. The Bertz CT molecular complexity index is 566. The van der Waals surface area contributed by atoms with E-state index in [4.69, 9.17) is 0 Å². The highest BCUT2D eigenvalue weighted by Gasteiger charge is 2.32.